The number of fused-ring (bicyclic) bond motifs is 2. The van der Waals surface area contributed by atoms with Crippen molar-refractivity contribution in [2.24, 2.45) is 5.92 Å². The lowest BCUT2D eigenvalue weighted by Gasteiger charge is -2.52. The van der Waals surface area contributed by atoms with Gasteiger partial charge in [0.25, 0.3) is 0 Å². The average Bonchev–Trinajstić information content (AvgIpc) is 2.43. The zero-order valence-corrected chi connectivity index (χ0v) is 11.0. The number of hydrogen-bond acceptors (Lipinski definition) is 1. The molecule has 3 unspecified atom stereocenters. The van der Waals surface area contributed by atoms with Crippen molar-refractivity contribution in [3.8, 4) is 0 Å². The summed E-state index contributed by atoms with van der Waals surface area (Å²) in [5, 5.41) is 0. The van der Waals surface area contributed by atoms with Crippen LogP contribution < -0.4 is 0 Å². The number of benzene rings is 1. The van der Waals surface area contributed by atoms with E-state index < -0.39 is 0 Å². The van der Waals surface area contributed by atoms with Crippen LogP contribution >= 0.6 is 0 Å². The van der Waals surface area contributed by atoms with E-state index in [2.05, 4.69) is 4.90 Å². The second-order valence-electron chi connectivity index (χ2n) is 6.30. The van der Waals surface area contributed by atoms with Gasteiger partial charge in [-0.1, -0.05) is 0 Å². The third kappa shape index (κ3) is 1.67. The molecule has 102 valence electrons. The molecule has 2 heterocycles. The maximum absolute atomic E-state index is 14.2. The highest BCUT2D eigenvalue weighted by atomic mass is 19.1. The van der Waals surface area contributed by atoms with Crippen molar-refractivity contribution in [1.29, 1.82) is 0 Å². The molecule has 1 aromatic rings. The summed E-state index contributed by atoms with van der Waals surface area (Å²) in [7, 11) is 0. The molecule has 2 saturated heterocycles. The lowest BCUT2D eigenvalue weighted by molar-refractivity contribution is 0.0329. The molecular weight excluding hydrogens is 244 g/mol. The maximum atomic E-state index is 14.2. The van der Waals surface area contributed by atoms with E-state index in [-0.39, 0.29) is 17.6 Å². The molecule has 19 heavy (non-hydrogen) atoms. The fraction of sp³-hybridized carbons (Fsp3) is 0.625. The Bertz CT molecular complexity index is 512. The SMILES string of the molecule is Fc1ccc(F)c2c1CC1CCCN3CCCC2C13. The molecule has 0 amide bonds. The van der Waals surface area contributed by atoms with Crippen LogP contribution in [0.25, 0.3) is 0 Å². The lowest BCUT2D eigenvalue weighted by Crippen LogP contribution is -2.54. The van der Waals surface area contributed by atoms with Crippen LogP contribution in [0.15, 0.2) is 12.1 Å². The van der Waals surface area contributed by atoms with Crippen molar-refractivity contribution in [2.45, 2.75) is 44.1 Å². The van der Waals surface area contributed by atoms with Crippen molar-refractivity contribution in [2.75, 3.05) is 13.1 Å². The Morgan fingerprint density at radius 1 is 1.00 bits per heavy atom. The van der Waals surface area contributed by atoms with E-state index in [1.165, 1.54) is 25.0 Å². The van der Waals surface area contributed by atoms with Crippen LogP contribution in [-0.4, -0.2) is 24.0 Å². The number of rotatable bonds is 0. The van der Waals surface area contributed by atoms with Gasteiger partial charge < -0.3 is 0 Å². The molecule has 1 aliphatic carbocycles. The quantitative estimate of drug-likeness (QED) is 0.692. The topological polar surface area (TPSA) is 3.24 Å². The minimum Gasteiger partial charge on any atom is -0.299 e. The van der Waals surface area contributed by atoms with Crippen molar-refractivity contribution < 1.29 is 8.78 Å². The Kier molecular flexibility index (Phi) is 2.66. The van der Waals surface area contributed by atoms with Crippen molar-refractivity contribution in [3.63, 3.8) is 0 Å². The van der Waals surface area contributed by atoms with Crippen LogP contribution in [0.3, 0.4) is 0 Å². The monoisotopic (exact) mass is 263 g/mol. The summed E-state index contributed by atoms with van der Waals surface area (Å²) in [4.78, 5) is 2.54. The van der Waals surface area contributed by atoms with Crippen LogP contribution in [0, 0.1) is 17.6 Å². The highest BCUT2D eigenvalue weighted by Gasteiger charge is 2.45. The Labute approximate surface area is 112 Å². The molecule has 2 fully saturated rings. The van der Waals surface area contributed by atoms with Gasteiger partial charge in [0.1, 0.15) is 11.6 Å². The van der Waals surface area contributed by atoms with E-state index in [1.807, 2.05) is 0 Å². The third-order valence-electron chi connectivity index (χ3n) is 5.38. The zero-order valence-electron chi connectivity index (χ0n) is 11.0. The molecule has 0 aromatic heterocycles. The summed E-state index contributed by atoms with van der Waals surface area (Å²) in [6, 6.07) is 3.08. The predicted molar refractivity (Wildman–Crippen MR) is 70.1 cm³/mol. The highest BCUT2D eigenvalue weighted by molar-refractivity contribution is 5.38. The molecule has 3 aliphatic rings. The zero-order chi connectivity index (χ0) is 13.0. The van der Waals surface area contributed by atoms with Gasteiger partial charge in [-0.15, -0.1) is 0 Å². The fourth-order valence-corrected chi connectivity index (χ4v) is 4.72. The summed E-state index contributed by atoms with van der Waals surface area (Å²) in [5.41, 5.74) is 1.38. The number of halogens is 2. The first-order chi connectivity index (χ1) is 9.25. The molecule has 0 radical (unpaired) electrons. The molecule has 0 bridgehead atoms. The highest BCUT2D eigenvalue weighted by Crippen LogP contribution is 2.47. The smallest absolute Gasteiger partial charge is 0.127 e. The van der Waals surface area contributed by atoms with E-state index in [9.17, 15) is 8.78 Å². The first kappa shape index (κ1) is 11.8. The Balaban J connectivity index is 1.86. The maximum Gasteiger partial charge on any atom is 0.127 e. The molecule has 3 heteroatoms. The minimum absolute atomic E-state index is 0.188. The second-order valence-corrected chi connectivity index (χ2v) is 6.30. The van der Waals surface area contributed by atoms with Crippen molar-refractivity contribution in [3.05, 3.63) is 34.9 Å². The molecule has 2 aliphatic heterocycles. The number of hydrogen-bond donors (Lipinski definition) is 0. The molecular formula is C16H19F2N. The largest absolute Gasteiger partial charge is 0.299 e. The second kappa shape index (κ2) is 4.27. The van der Waals surface area contributed by atoms with E-state index in [4.69, 9.17) is 0 Å². The minimum atomic E-state index is -0.197. The number of piperidine rings is 2. The van der Waals surface area contributed by atoms with Gasteiger partial charge in [0.2, 0.25) is 0 Å². The van der Waals surface area contributed by atoms with Gasteiger partial charge in [-0.25, -0.2) is 8.78 Å². The van der Waals surface area contributed by atoms with Crippen molar-refractivity contribution >= 4 is 0 Å². The summed E-state index contributed by atoms with van der Waals surface area (Å²) in [5.74, 6) is 0.367. The van der Waals surface area contributed by atoms with Gasteiger partial charge >= 0.3 is 0 Å². The van der Waals surface area contributed by atoms with Crippen LogP contribution in [0.5, 0.6) is 0 Å². The van der Waals surface area contributed by atoms with Gasteiger partial charge in [0.05, 0.1) is 0 Å². The summed E-state index contributed by atoms with van der Waals surface area (Å²) >= 11 is 0. The summed E-state index contributed by atoms with van der Waals surface area (Å²) < 4.78 is 28.3. The Morgan fingerprint density at radius 3 is 2.58 bits per heavy atom. The molecule has 4 rings (SSSR count). The van der Waals surface area contributed by atoms with E-state index >= 15 is 0 Å². The van der Waals surface area contributed by atoms with Gasteiger partial charge in [0.15, 0.2) is 0 Å². The first-order valence-corrected chi connectivity index (χ1v) is 7.46. The van der Waals surface area contributed by atoms with Crippen LogP contribution in [0.4, 0.5) is 8.78 Å². The van der Waals surface area contributed by atoms with Gasteiger partial charge in [-0.05, 0) is 74.4 Å². The normalized spacial score (nSPS) is 33.7. The fourth-order valence-electron chi connectivity index (χ4n) is 4.72. The molecule has 3 atom stereocenters. The molecule has 0 saturated carbocycles. The molecule has 0 spiro atoms. The average molecular weight is 263 g/mol. The van der Waals surface area contributed by atoms with E-state index in [0.717, 1.165) is 32.4 Å². The van der Waals surface area contributed by atoms with Gasteiger partial charge in [0, 0.05) is 12.0 Å². The summed E-state index contributed by atoms with van der Waals surface area (Å²) in [6.07, 6.45) is 5.25. The van der Waals surface area contributed by atoms with Crippen LogP contribution in [-0.2, 0) is 6.42 Å². The molecule has 0 N–H and O–H groups in total. The standard InChI is InChI=1S/C16H19F2N/c17-13-5-6-14(18)15-11-4-2-8-19-7-1-3-10(16(11)19)9-12(13)15/h5-6,10-11,16H,1-4,7-9H2. The molecule has 1 nitrogen and oxygen atoms in total. The van der Waals surface area contributed by atoms with Gasteiger partial charge in [-0.3, -0.25) is 4.90 Å². The van der Waals surface area contributed by atoms with E-state index in [0.29, 0.717) is 23.1 Å². The summed E-state index contributed by atoms with van der Waals surface area (Å²) in [6.45, 7) is 2.29. The Hall–Kier alpha value is -0.960. The molecule has 1 aromatic carbocycles. The third-order valence-corrected chi connectivity index (χ3v) is 5.38. The lowest BCUT2D eigenvalue weighted by atomic mass is 9.66. The Morgan fingerprint density at radius 2 is 1.74 bits per heavy atom. The van der Waals surface area contributed by atoms with Crippen LogP contribution in [0.1, 0.15) is 42.7 Å². The van der Waals surface area contributed by atoms with Gasteiger partial charge in [-0.2, -0.15) is 0 Å². The predicted octanol–water partition coefficient (Wildman–Crippen LogP) is 3.48. The first-order valence-electron chi connectivity index (χ1n) is 7.46. The van der Waals surface area contributed by atoms with E-state index in [1.54, 1.807) is 0 Å². The van der Waals surface area contributed by atoms with Crippen LogP contribution in [0.2, 0.25) is 0 Å². The number of nitrogens with zero attached hydrogens (tertiary/aromatic N) is 1. The van der Waals surface area contributed by atoms with Crippen molar-refractivity contribution in [1.82, 2.24) is 4.90 Å².